The van der Waals surface area contributed by atoms with Crippen molar-refractivity contribution < 1.29 is 23.9 Å². The summed E-state index contributed by atoms with van der Waals surface area (Å²) in [6, 6.07) is 6.16. The summed E-state index contributed by atoms with van der Waals surface area (Å²) in [5.74, 6) is -0.491. The molecule has 38 heavy (non-hydrogen) atoms. The maximum absolute atomic E-state index is 13.5. The van der Waals surface area contributed by atoms with Crippen LogP contribution in [0.5, 0.6) is 0 Å². The Bertz CT molecular complexity index is 916. The molecule has 13 heteroatoms. The van der Waals surface area contributed by atoms with Crippen molar-refractivity contribution in [1.29, 1.82) is 0 Å². The second-order valence-electron chi connectivity index (χ2n) is 9.94. The standard InChI is InChI=1S/C25H36N4O5.4H2S/c1-16(2)13-19(25(32)29-14-21(33-4)23-22(29)20(30)15-34-23)26-24(31)17-5-7-18(8-6-17)28-11-9-27(3)10-12-28;;;;/h5-8,16,19,21-23H,9-15H2,1-4H3,(H,26,31);4*1H2/t19-,21-,22+,23+;;;;/m0..../s1. The van der Waals surface area contributed by atoms with E-state index in [9.17, 15) is 14.4 Å². The number of rotatable bonds is 7. The van der Waals surface area contributed by atoms with Gasteiger partial charge in [-0.15, -0.1) is 0 Å². The Morgan fingerprint density at radius 3 is 2.21 bits per heavy atom. The highest BCUT2D eigenvalue weighted by Crippen LogP contribution is 2.30. The molecule has 0 radical (unpaired) electrons. The fourth-order valence-electron chi connectivity index (χ4n) is 5.07. The first kappa shape index (κ1) is 36.9. The van der Waals surface area contributed by atoms with E-state index < -0.39 is 18.2 Å². The highest BCUT2D eigenvalue weighted by molar-refractivity contribution is 7.59. The number of hydrogen-bond acceptors (Lipinski definition) is 7. The quantitative estimate of drug-likeness (QED) is 0.498. The highest BCUT2D eigenvalue weighted by atomic mass is 32.1. The minimum absolute atomic E-state index is 0. The summed E-state index contributed by atoms with van der Waals surface area (Å²) < 4.78 is 11.1. The first-order chi connectivity index (χ1) is 16.3. The summed E-state index contributed by atoms with van der Waals surface area (Å²) in [4.78, 5) is 45.2. The molecule has 0 aromatic heterocycles. The number of carbonyl (C=O) groups excluding carboxylic acids is 3. The van der Waals surface area contributed by atoms with Crippen molar-refractivity contribution in [1.82, 2.24) is 15.1 Å². The van der Waals surface area contributed by atoms with Gasteiger partial charge in [0.15, 0.2) is 5.78 Å². The lowest BCUT2D eigenvalue weighted by atomic mass is 10.0. The fraction of sp³-hybridized carbons (Fsp3) is 0.640. The number of benzene rings is 1. The van der Waals surface area contributed by atoms with Crippen LogP contribution in [0.2, 0.25) is 0 Å². The van der Waals surface area contributed by atoms with Crippen LogP contribution in [0.4, 0.5) is 5.69 Å². The van der Waals surface area contributed by atoms with Gasteiger partial charge in [0.25, 0.3) is 5.91 Å². The lowest BCUT2D eigenvalue weighted by molar-refractivity contribution is -0.138. The molecule has 4 rings (SSSR count). The fourth-order valence-corrected chi connectivity index (χ4v) is 5.07. The van der Waals surface area contributed by atoms with E-state index in [1.54, 1.807) is 19.2 Å². The van der Waals surface area contributed by atoms with Crippen LogP contribution in [0.1, 0.15) is 30.6 Å². The molecule has 4 atom stereocenters. The van der Waals surface area contributed by atoms with Crippen LogP contribution >= 0.6 is 54.0 Å². The van der Waals surface area contributed by atoms with E-state index in [1.165, 1.54) is 4.90 Å². The van der Waals surface area contributed by atoms with E-state index in [4.69, 9.17) is 9.47 Å². The van der Waals surface area contributed by atoms with Crippen molar-refractivity contribution in [2.24, 2.45) is 5.92 Å². The molecule has 2 amide bonds. The van der Waals surface area contributed by atoms with E-state index in [0.29, 0.717) is 12.0 Å². The van der Waals surface area contributed by atoms with Crippen LogP contribution in [-0.4, -0.2) is 105 Å². The minimum atomic E-state index is -0.727. The predicted octanol–water partition coefficient (Wildman–Crippen LogP) is 1.23. The number of ketones is 1. The third-order valence-corrected chi connectivity index (χ3v) is 7.03. The van der Waals surface area contributed by atoms with Gasteiger partial charge in [0.2, 0.25) is 5.91 Å². The van der Waals surface area contributed by atoms with Crippen molar-refractivity contribution in [3.63, 3.8) is 0 Å². The van der Waals surface area contributed by atoms with E-state index in [-0.39, 0.29) is 96.8 Å². The van der Waals surface area contributed by atoms with Crippen molar-refractivity contribution in [3.8, 4) is 0 Å². The van der Waals surface area contributed by atoms with Gasteiger partial charge >= 0.3 is 0 Å². The van der Waals surface area contributed by atoms with Crippen molar-refractivity contribution >= 4 is 77.3 Å². The number of amides is 2. The average molecular weight is 609 g/mol. The topological polar surface area (TPSA) is 91.4 Å². The Labute approximate surface area is 254 Å². The molecular weight excluding hydrogens is 565 g/mol. The molecule has 0 unspecified atom stereocenters. The molecule has 218 valence electrons. The van der Waals surface area contributed by atoms with Gasteiger partial charge in [-0.05, 0) is 43.7 Å². The zero-order valence-corrected chi connectivity index (χ0v) is 26.5. The monoisotopic (exact) mass is 608 g/mol. The molecule has 3 saturated heterocycles. The first-order valence-electron chi connectivity index (χ1n) is 12.1. The molecule has 3 heterocycles. The smallest absolute Gasteiger partial charge is 0.251 e. The molecule has 9 nitrogen and oxygen atoms in total. The lowest BCUT2D eigenvalue weighted by Gasteiger charge is -2.34. The third kappa shape index (κ3) is 8.21. The maximum Gasteiger partial charge on any atom is 0.251 e. The van der Waals surface area contributed by atoms with Gasteiger partial charge in [0, 0.05) is 44.5 Å². The number of Topliss-reactive ketones (excluding diaryl/α,β-unsaturated/α-hetero) is 1. The van der Waals surface area contributed by atoms with Crippen LogP contribution in [0.15, 0.2) is 24.3 Å². The zero-order valence-electron chi connectivity index (χ0n) is 22.5. The van der Waals surface area contributed by atoms with Gasteiger partial charge in [-0.2, -0.15) is 54.0 Å². The third-order valence-electron chi connectivity index (χ3n) is 7.03. The zero-order chi connectivity index (χ0) is 24.4. The van der Waals surface area contributed by atoms with Crippen molar-refractivity contribution in [2.75, 3.05) is 58.4 Å². The number of methoxy groups -OCH3 is 1. The Hall–Kier alpha value is -1.09. The van der Waals surface area contributed by atoms with Crippen LogP contribution in [0, 0.1) is 5.92 Å². The van der Waals surface area contributed by atoms with E-state index in [0.717, 1.165) is 31.9 Å². The molecule has 1 N–H and O–H groups in total. The van der Waals surface area contributed by atoms with Crippen molar-refractivity contribution in [3.05, 3.63) is 29.8 Å². The number of carbonyl (C=O) groups is 3. The van der Waals surface area contributed by atoms with Gasteiger partial charge in [-0.25, -0.2) is 0 Å². The van der Waals surface area contributed by atoms with Crippen molar-refractivity contribution in [2.45, 2.75) is 44.6 Å². The second-order valence-corrected chi connectivity index (χ2v) is 9.94. The van der Waals surface area contributed by atoms with E-state index in [2.05, 4.69) is 22.2 Å². The molecule has 1 aromatic rings. The summed E-state index contributed by atoms with van der Waals surface area (Å²) in [6.07, 6.45) is -0.318. The van der Waals surface area contributed by atoms with Crippen LogP contribution in [0.3, 0.4) is 0 Å². The summed E-state index contributed by atoms with van der Waals surface area (Å²) in [5.41, 5.74) is 1.60. The Morgan fingerprint density at radius 1 is 1.05 bits per heavy atom. The molecule has 0 spiro atoms. The van der Waals surface area contributed by atoms with E-state index >= 15 is 0 Å². The molecule has 1 aromatic carbocycles. The molecule has 3 fully saturated rings. The summed E-state index contributed by atoms with van der Waals surface area (Å²) in [6.45, 7) is 8.21. The predicted molar refractivity (Wildman–Crippen MR) is 169 cm³/mol. The molecule has 0 saturated carbocycles. The number of likely N-dealkylation sites (tertiary alicyclic amines) is 1. The number of ether oxygens (including phenoxy) is 2. The number of piperazine rings is 1. The van der Waals surface area contributed by atoms with Gasteiger partial charge in [-0.3, -0.25) is 14.4 Å². The van der Waals surface area contributed by atoms with Crippen LogP contribution in [0.25, 0.3) is 0 Å². The number of anilines is 1. The molecular formula is C25H44N4O5S4. The second kappa shape index (κ2) is 16.2. The number of nitrogens with zero attached hydrogens (tertiary/aromatic N) is 3. The number of fused-ring (bicyclic) bond motifs is 1. The molecule has 0 aliphatic carbocycles. The van der Waals surface area contributed by atoms with Crippen LogP contribution in [-0.2, 0) is 19.1 Å². The number of hydrogen-bond donors (Lipinski definition) is 1. The summed E-state index contributed by atoms with van der Waals surface area (Å²) in [7, 11) is 3.67. The Morgan fingerprint density at radius 2 is 1.66 bits per heavy atom. The van der Waals surface area contributed by atoms with Gasteiger partial charge in [0.05, 0.1) is 6.54 Å². The summed E-state index contributed by atoms with van der Waals surface area (Å²) in [5, 5.41) is 2.93. The molecule has 3 aliphatic rings. The SMILES string of the molecule is CO[C@H]1CN(C(=O)[C@H](CC(C)C)NC(=O)c2ccc(N3CCN(C)CC3)cc2)[C@@H]2C(=O)CO[C@H]12.S.S.S.S. The van der Waals surface area contributed by atoms with Crippen LogP contribution < -0.4 is 10.2 Å². The van der Waals surface area contributed by atoms with Gasteiger partial charge in [0.1, 0.15) is 30.9 Å². The summed E-state index contributed by atoms with van der Waals surface area (Å²) >= 11 is 0. The highest BCUT2D eigenvalue weighted by Gasteiger charge is 2.53. The molecule has 3 aliphatic heterocycles. The minimum Gasteiger partial charge on any atom is -0.377 e. The Kier molecular flexibility index (Phi) is 15.8. The lowest BCUT2D eigenvalue weighted by Crippen LogP contribution is -2.52. The first-order valence-corrected chi connectivity index (χ1v) is 12.1. The Balaban J connectivity index is 0.00000342. The van der Waals surface area contributed by atoms with E-state index in [1.807, 2.05) is 26.0 Å². The van der Waals surface area contributed by atoms with Gasteiger partial charge in [-0.1, -0.05) is 13.8 Å². The maximum atomic E-state index is 13.5. The van der Waals surface area contributed by atoms with Gasteiger partial charge < -0.3 is 29.5 Å². The number of likely N-dealkylation sites (N-methyl/N-ethyl adjacent to an activating group) is 1. The normalized spacial score (nSPS) is 23.4. The average Bonchev–Trinajstić information content (AvgIpc) is 3.39. The molecule has 0 bridgehead atoms. The number of nitrogens with one attached hydrogen (secondary N) is 1. The largest absolute Gasteiger partial charge is 0.377 e.